The molecular weight excluding hydrogens is 473 g/mol. The summed E-state index contributed by atoms with van der Waals surface area (Å²) in [6.07, 6.45) is 2.10. The molecule has 0 bridgehead atoms. The van der Waals surface area contributed by atoms with Crippen molar-refractivity contribution in [2.45, 2.75) is 30.2 Å². The first-order chi connectivity index (χ1) is 15.0. The molecule has 0 N–H and O–H groups in total. The van der Waals surface area contributed by atoms with Gasteiger partial charge in [0.1, 0.15) is 5.15 Å². The zero-order valence-corrected chi connectivity index (χ0v) is 19.1. The molecule has 0 saturated carbocycles. The second-order valence-electron chi connectivity index (χ2n) is 7.72. The summed E-state index contributed by atoms with van der Waals surface area (Å²) < 4.78 is 0. The molecule has 6 rings (SSSR count). The number of Topliss-reactive ketones (excluding diaryl/α,β-unsaturated/α-hetero) is 1. The molecule has 1 aliphatic carbocycles. The minimum Gasteiger partial charge on any atom is -0.308 e. The number of pyridine rings is 1. The Labute approximate surface area is 197 Å². The maximum Gasteiger partial charge on any atom is 0.174 e. The van der Waals surface area contributed by atoms with E-state index >= 15 is 0 Å². The number of ketones is 1. The lowest BCUT2D eigenvalue weighted by Gasteiger charge is -2.37. The van der Waals surface area contributed by atoms with E-state index < -0.39 is 6.04 Å². The molecule has 4 nitrogen and oxygen atoms in total. The van der Waals surface area contributed by atoms with Crippen LogP contribution in [-0.4, -0.2) is 15.9 Å². The highest BCUT2D eigenvalue weighted by Crippen LogP contribution is 2.52. The van der Waals surface area contributed by atoms with E-state index in [1.165, 1.54) is 0 Å². The van der Waals surface area contributed by atoms with Crippen LogP contribution in [0.15, 0.2) is 63.6 Å². The van der Waals surface area contributed by atoms with Gasteiger partial charge in [-0.2, -0.15) is 0 Å². The molecular formula is C23H14Cl3N3OS. The van der Waals surface area contributed by atoms with Crippen molar-refractivity contribution in [2.24, 2.45) is 4.99 Å². The number of anilines is 1. The molecule has 3 heterocycles. The fraction of sp³-hybridized carbons (Fsp3) is 0.174. The van der Waals surface area contributed by atoms with E-state index in [1.807, 2.05) is 36.4 Å². The molecule has 3 aromatic rings. The molecule has 31 heavy (non-hydrogen) atoms. The minimum absolute atomic E-state index is 0.115. The Bertz CT molecular complexity index is 1370. The van der Waals surface area contributed by atoms with Crippen molar-refractivity contribution in [1.82, 2.24) is 4.98 Å². The molecule has 8 heteroatoms. The molecule has 3 aliphatic rings. The zero-order valence-electron chi connectivity index (χ0n) is 16.0. The largest absolute Gasteiger partial charge is 0.308 e. The van der Waals surface area contributed by atoms with Gasteiger partial charge in [0, 0.05) is 37.9 Å². The number of nitrogens with zero attached hydrogens (tertiary/aromatic N) is 3. The third-order valence-electron chi connectivity index (χ3n) is 5.83. The Hall–Kier alpha value is -2.05. The second kappa shape index (κ2) is 7.24. The number of benzene rings is 2. The van der Waals surface area contributed by atoms with Gasteiger partial charge in [-0.1, -0.05) is 34.8 Å². The van der Waals surface area contributed by atoms with Crippen LogP contribution in [0.4, 0.5) is 5.69 Å². The fourth-order valence-corrected chi connectivity index (χ4v) is 6.27. The van der Waals surface area contributed by atoms with Gasteiger partial charge >= 0.3 is 0 Å². The van der Waals surface area contributed by atoms with Crippen molar-refractivity contribution in [1.29, 1.82) is 0 Å². The monoisotopic (exact) mass is 485 g/mol. The predicted molar refractivity (Wildman–Crippen MR) is 128 cm³/mol. The Morgan fingerprint density at radius 3 is 2.68 bits per heavy atom. The smallest absolute Gasteiger partial charge is 0.174 e. The van der Waals surface area contributed by atoms with E-state index in [4.69, 9.17) is 39.8 Å². The number of halogens is 3. The van der Waals surface area contributed by atoms with Gasteiger partial charge in [0.2, 0.25) is 0 Å². The summed E-state index contributed by atoms with van der Waals surface area (Å²) in [5.41, 5.74) is 4.06. The number of amidine groups is 1. The maximum absolute atomic E-state index is 13.1. The van der Waals surface area contributed by atoms with E-state index in [-0.39, 0.29) is 5.78 Å². The van der Waals surface area contributed by atoms with Gasteiger partial charge in [-0.25, -0.2) is 9.98 Å². The van der Waals surface area contributed by atoms with Gasteiger partial charge in [-0.15, -0.1) is 0 Å². The summed E-state index contributed by atoms with van der Waals surface area (Å²) in [6.45, 7) is 0. The molecule has 2 aromatic carbocycles. The van der Waals surface area contributed by atoms with Gasteiger partial charge in [0.15, 0.2) is 11.0 Å². The number of aliphatic imine (C=N–C) groups is 1. The highest BCUT2D eigenvalue weighted by atomic mass is 35.5. The van der Waals surface area contributed by atoms with E-state index in [2.05, 4.69) is 9.88 Å². The van der Waals surface area contributed by atoms with Crippen LogP contribution in [0.1, 0.15) is 30.9 Å². The number of rotatable bonds is 1. The fourth-order valence-electron chi connectivity index (χ4n) is 4.49. The standard InChI is InChI=1S/C23H14Cl3N3OS/c24-12-4-6-15-11(8-12)9-14(22(26)27-15)21-20-16(2-1-3-18(20)30)28-23-29(21)17-7-5-13(25)10-19(17)31-23/h4-10,21H,1-3H2. The van der Waals surface area contributed by atoms with Gasteiger partial charge in [-0.05, 0) is 67.1 Å². The average Bonchev–Trinajstić information content (AvgIpc) is 3.09. The number of carbonyl (C=O) groups excluding carboxylic acids is 1. The first-order valence-electron chi connectivity index (χ1n) is 9.87. The van der Waals surface area contributed by atoms with Gasteiger partial charge < -0.3 is 4.90 Å². The molecule has 1 atom stereocenters. The van der Waals surface area contributed by atoms with E-state index in [0.29, 0.717) is 27.2 Å². The van der Waals surface area contributed by atoms with Gasteiger partial charge in [-0.3, -0.25) is 4.79 Å². The summed E-state index contributed by atoms with van der Waals surface area (Å²) >= 11 is 20.8. The SMILES string of the molecule is O=C1CCCC2=C1C(c1cc3cc(Cl)ccc3nc1Cl)N1C(=N2)Sc2cc(Cl)ccc21. The molecule has 1 aromatic heterocycles. The van der Waals surface area contributed by atoms with Crippen LogP contribution in [-0.2, 0) is 4.79 Å². The highest BCUT2D eigenvalue weighted by molar-refractivity contribution is 8.14. The average molecular weight is 487 g/mol. The first-order valence-corrected chi connectivity index (χ1v) is 11.8. The highest BCUT2D eigenvalue weighted by Gasteiger charge is 2.43. The van der Waals surface area contributed by atoms with Crippen molar-refractivity contribution >= 4 is 74.1 Å². The van der Waals surface area contributed by atoms with Crippen LogP contribution in [0.2, 0.25) is 15.2 Å². The summed E-state index contributed by atoms with van der Waals surface area (Å²) in [4.78, 5) is 25.7. The minimum atomic E-state index is -0.395. The molecule has 0 spiro atoms. The molecule has 0 saturated heterocycles. The third-order valence-corrected chi connectivity index (χ3v) is 7.62. The number of carbonyl (C=O) groups is 1. The first kappa shape index (κ1) is 19.6. The molecule has 154 valence electrons. The van der Waals surface area contributed by atoms with E-state index in [9.17, 15) is 4.79 Å². The zero-order chi connectivity index (χ0) is 21.3. The van der Waals surface area contributed by atoms with E-state index in [0.717, 1.165) is 50.8 Å². The topological polar surface area (TPSA) is 45.6 Å². The number of thioether (sulfide) groups is 1. The van der Waals surface area contributed by atoms with Crippen LogP contribution >= 0.6 is 46.6 Å². The lowest BCUT2D eigenvalue weighted by molar-refractivity contribution is -0.116. The summed E-state index contributed by atoms with van der Waals surface area (Å²) in [5.74, 6) is 0.115. The number of hydrogen-bond acceptors (Lipinski definition) is 5. The lowest BCUT2D eigenvalue weighted by atomic mass is 9.85. The summed E-state index contributed by atoms with van der Waals surface area (Å²) in [7, 11) is 0. The summed E-state index contributed by atoms with van der Waals surface area (Å²) in [5, 5.41) is 3.37. The number of hydrogen-bond donors (Lipinski definition) is 0. The molecule has 0 fully saturated rings. The van der Waals surface area contributed by atoms with Gasteiger partial charge in [0.25, 0.3) is 0 Å². The van der Waals surface area contributed by atoms with Crippen LogP contribution in [0, 0.1) is 0 Å². The Morgan fingerprint density at radius 2 is 1.81 bits per heavy atom. The summed E-state index contributed by atoms with van der Waals surface area (Å²) in [6, 6.07) is 12.9. The van der Waals surface area contributed by atoms with Crippen LogP contribution in [0.25, 0.3) is 10.9 Å². The van der Waals surface area contributed by atoms with Crippen molar-refractivity contribution < 1.29 is 4.79 Å². The van der Waals surface area contributed by atoms with Crippen LogP contribution in [0.5, 0.6) is 0 Å². The third kappa shape index (κ3) is 3.10. The molecule has 2 aliphatic heterocycles. The predicted octanol–water partition coefficient (Wildman–Crippen LogP) is 7.23. The van der Waals surface area contributed by atoms with Crippen molar-refractivity contribution in [3.05, 3.63) is 74.5 Å². The van der Waals surface area contributed by atoms with Crippen LogP contribution in [0.3, 0.4) is 0 Å². The van der Waals surface area contributed by atoms with Crippen molar-refractivity contribution in [2.75, 3.05) is 4.90 Å². The van der Waals surface area contributed by atoms with Gasteiger partial charge in [0.05, 0.1) is 22.9 Å². The van der Waals surface area contributed by atoms with E-state index in [1.54, 1.807) is 17.8 Å². The Balaban J connectivity index is 1.62. The van der Waals surface area contributed by atoms with Crippen LogP contribution < -0.4 is 4.90 Å². The normalized spacial score (nSPS) is 20.0. The number of aromatic nitrogens is 1. The van der Waals surface area contributed by atoms with Crippen molar-refractivity contribution in [3.8, 4) is 0 Å². The maximum atomic E-state index is 13.1. The number of fused-ring (bicyclic) bond motifs is 4. The second-order valence-corrected chi connectivity index (χ2v) is 9.96. The Kier molecular flexibility index (Phi) is 4.58. The quantitative estimate of drug-likeness (QED) is 0.340. The Morgan fingerprint density at radius 1 is 1.00 bits per heavy atom. The number of allylic oxidation sites excluding steroid dienone is 1. The lowest BCUT2D eigenvalue weighted by Crippen LogP contribution is -2.38. The molecule has 0 amide bonds. The molecule has 1 unspecified atom stereocenters. The molecule has 0 radical (unpaired) electrons. The van der Waals surface area contributed by atoms with Crippen molar-refractivity contribution in [3.63, 3.8) is 0 Å².